The maximum absolute atomic E-state index is 5.98. The monoisotopic (exact) mass is 431 g/mol. The molecule has 1 atom stereocenters. The first-order chi connectivity index (χ1) is 15.6. The zero-order valence-electron chi connectivity index (χ0n) is 18.0. The molecular weight excluding hydrogens is 406 g/mol. The van der Waals surface area contributed by atoms with Crippen LogP contribution in [0.3, 0.4) is 0 Å². The van der Waals surface area contributed by atoms with Gasteiger partial charge in [-0.1, -0.05) is 18.2 Å². The number of hydrogen-bond donors (Lipinski definition) is 2. The Balaban J connectivity index is 1.29. The molecule has 0 saturated carbocycles. The van der Waals surface area contributed by atoms with Gasteiger partial charge >= 0.3 is 0 Å². The van der Waals surface area contributed by atoms with Gasteiger partial charge in [0.2, 0.25) is 11.9 Å². The van der Waals surface area contributed by atoms with Crippen molar-refractivity contribution in [1.82, 2.24) is 39.6 Å². The number of nitrogen functional groups attached to an aromatic ring is 1. The van der Waals surface area contributed by atoms with Crippen LogP contribution in [0.1, 0.15) is 18.8 Å². The van der Waals surface area contributed by atoms with Crippen LogP contribution in [0, 0.1) is 0 Å². The summed E-state index contributed by atoms with van der Waals surface area (Å²) in [4.78, 5) is 26.7. The number of rotatable bonds is 5. The van der Waals surface area contributed by atoms with Crippen molar-refractivity contribution in [3.63, 3.8) is 0 Å². The second kappa shape index (κ2) is 8.35. The lowest BCUT2D eigenvalue weighted by molar-refractivity contribution is 0.191. The molecule has 4 heterocycles. The van der Waals surface area contributed by atoms with Crippen molar-refractivity contribution in [1.29, 1.82) is 0 Å². The Kier molecular flexibility index (Phi) is 5.23. The van der Waals surface area contributed by atoms with Gasteiger partial charge in [-0.05, 0) is 19.1 Å². The van der Waals surface area contributed by atoms with Gasteiger partial charge in [-0.25, -0.2) is 9.97 Å². The average Bonchev–Trinajstić information content (AvgIpc) is 3.20. The summed E-state index contributed by atoms with van der Waals surface area (Å²) in [7, 11) is 1.89. The number of benzene rings is 1. The summed E-state index contributed by atoms with van der Waals surface area (Å²) in [5, 5.41) is 8.49. The molecule has 164 valence electrons. The summed E-state index contributed by atoms with van der Waals surface area (Å²) in [6.07, 6.45) is 3.43. The van der Waals surface area contributed by atoms with E-state index in [1.54, 1.807) is 11.0 Å². The van der Waals surface area contributed by atoms with Gasteiger partial charge in [0.25, 0.3) is 0 Å². The molecule has 3 N–H and O–H groups in total. The van der Waals surface area contributed by atoms with Crippen LogP contribution in [-0.2, 0) is 7.05 Å². The van der Waals surface area contributed by atoms with Gasteiger partial charge in [0.15, 0.2) is 11.5 Å². The number of aryl methyl sites for hydroxylation is 1. The number of anilines is 4. The molecule has 0 spiro atoms. The third kappa shape index (κ3) is 3.89. The van der Waals surface area contributed by atoms with E-state index in [1.807, 2.05) is 43.6 Å². The minimum Gasteiger partial charge on any atom is -0.368 e. The number of hydrogen-bond acceptors (Lipinski definition) is 10. The Morgan fingerprint density at radius 2 is 1.78 bits per heavy atom. The second-order valence-electron chi connectivity index (χ2n) is 7.77. The van der Waals surface area contributed by atoms with Gasteiger partial charge in [0.1, 0.15) is 12.1 Å². The highest BCUT2D eigenvalue weighted by molar-refractivity contribution is 5.86. The van der Waals surface area contributed by atoms with E-state index in [9.17, 15) is 0 Å². The van der Waals surface area contributed by atoms with Crippen molar-refractivity contribution in [2.45, 2.75) is 13.0 Å². The van der Waals surface area contributed by atoms with Crippen LogP contribution in [0.5, 0.6) is 0 Å². The van der Waals surface area contributed by atoms with E-state index >= 15 is 0 Å². The van der Waals surface area contributed by atoms with Gasteiger partial charge in [0, 0.05) is 38.9 Å². The SMILES string of the molecule is C[C@H](c1nc(N)nc(Nc2ccccc2)n1)N1CCN(c2ncnc3c2cnn3C)CC1. The Bertz CT molecular complexity index is 1220. The molecule has 32 heavy (non-hydrogen) atoms. The lowest BCUT2D eigenvalue weighted by Crippen LogP contribution is -2.47. The standard InChI is InChI=1S/C21H25N11/c1-14(17-27-20(22)29-21(28-17)26-15-6-4-3-5-7-15)31-8-10-32(11-9-31)19-16-12-25-30(2)18(16)23-13-24-19/h3-7,12-14H,8-11H2,1-2H3,(H3,22,26,27,28,29)/t14-/m1/s1. The summed E-state index contributed by atoms with van der Waals surface area (Å²) < 4.78 is 1.77. The molecule has 0 aliphatic carbocycles. The van der Waals surface area contributed by atoms with Gasteiger partial charge in [0.05, 0.1) is 17.6 Å². The number of aromatic nitrogens is 7. The fourth-order valence-electron chi connectivity index (χ4n) is 3.99. The van der Waals surface area contributed by atoms with Gasteiger partial charge in [-0.3, -0.25) is 9.58 Å². The topological polar surface area (TPSA) is 127 Å². The zero-order chi connectivity index (χ0) is 22.1. The highest BCUT2D eigenvalue weighted by Crippen LogP contribution is 2.26. The Morgan fingerprint density at radius 3 is 2.56 bits per heavy atom. The van der Waals surface area contributed by atoms with E-state index in [2.05, 4.69) is 52.1 Å². The zero-order valence-corrected chi connectivity index (χ0v) is 18.0. The minimum absolute atomic E-state index is 0.00239. The molecule has 1 aromatic carbocycles. The first-order valence-electron chi connectivity index (χ1n) is 10.5. The van der Waals surface area contributed by atoms with E-state index in [0.29, 0.717) is 11.8 Å². The molecule has 0 amide bonds. The highest BCUT2D eigenvalue weighted by Gasteiger charge is 2.26. The van der Waals surface area contributed by atoms with Crippen molar-refractivity contribution >= 4 is 34.4 Å². The van der Waals surface area contributed by atoms with Crippen molar-refractivity contribution in [2.75, 3.05) is 42.1 Å². The quantitative estimate of drug-likeness (QED) is 0.482. The van der Waals surface area contributed by atoms with Crippen molar-refractivity contribution in [3.05, 3.63) is 48.7 Å². The molecule has 1 aliphatic rings. The van der Waals surface area contributed by atoms with Crippen molar-refractivity contribution in [2.24, 2.45) is 7.05 Å². The van der Waals surface area contributed by atoms with E-state index in [-0.39, 0.29) is 12.0 Å². The smallest absolute Gasteiger partial charge is 0.232 e. The highest BCUT2D eigenvalue weighted by atomic mass is 15.3. The molecule has 1 aliphatic heterocycles. The maximum Gasteiger partial charge on any atom is 0.232 e. The number of nitrogens with zero attached hydrogens (tertiary/aromatic N) is 9. The Hall–Kier alpha value is -3.86. The molecule has 0 radical (unpaired) electrons. The predicted molar refractivity (Wildman–Crippen MR) is 122 cm³/mol. The van der Waals surface area contributed by atoms with Crippen molar-refractivity contribution in [3.8, 4) is 0 Å². The predicted octanol–water partition coefficient (Wildman–Crippen LogP) is 1.76. The van der Waals surface area contributed by atoms with Crippen LogP contribution in [0.4, 0.5) is 23.4 Å². The molecule has 1 fully saturated rings. The lowest BCUT2D eigenvalue weighted by Gasteiger charge is -2.38. The van der Waals surface area contributed by atoms with E-state index in [4.69, 9.17) is 5.73 Å². The first-order valence-corrected chi connectivity index (χ1v) is 10.5. The Morgan fingerprint density at radius 1 is 1.00 bits per heavy atom. The van der Waals surface area contributed by atoms with Gasteiger partial charge in [-0.15, -0.1) is 0 Å². The molecular formula is C21H25N11. The molecule has 0 unspecified atom stereocenters. The first kappa shape index (κ1) is 20.1. The largest absolute Gasteiger partial charge is 0.368 e. The molecule has 4 aromatic rings. The van der Waals surface area contributed by atoms with Crippen LogP contribution in [0.2, 0.25) is 0 Å². The van der Waals surface area contributed by atoms with Crippen molar-refractivity contribution < 1.29 is 0 Å². The summed E-state index contributed by atoms with van der Waals surface area (Å²) >= 11 is 0. The van der Waals surface area contributed by atoms with Gasteiger partial charge < -0.3 is 16.0 Å². The van der Waals surface area contributed by atoms with Crippen LogP contribution >= 0.6 is 0 Å². The summed E-state index contributed by atoms with van der Waals surface area (Å²) in [6.45, 7) is 5.46. The normalized spacial score (nSPS) is 15.8. The minimum atomic E-state index is 0.00239. The van der Waals surface area contributed by atoms with E-state index < -0.39 is 0 Å². The Labute approximate surface area is 185 Å². The number of fused-ring (bicyclic) bond motifs is 1. The van der Waals surface area contributed by atoms with Crippen LogP contribution in [0.25, 0.3) is 11.0 Å². The summed E-state index contributed by atoms with van der Waals surface area (Å²) in [5.74, 6) is 2.23. The number of nitrogens with one attached hydrogen (secondary N) is 1. The fraction of sp³-hybridized carbons (Fsp3) is 0.333. The number of nitrogens with two attached hydrogens (primary N) is 1. The molecule has 1 saturated heterocycles. The van der Waals surface area contributed by atoms with E-state index in [1.165, 1.54) is 0 Å². The van der Waals surface area contributed by atoms with Crippen LogP contribution in [0.15, 0.2) is 42.9 Å². The summed E-state index contributed by atoms with van der Waals surface area (Å²) in [6, 6.07) is 9.77. The molecule has 11 heteroatoms. The molecule has 5 rings (SSSR count). The number of piperazine rings is 1. The molecule has 0 bridgehead atoms. The lowest BCUT2D eigenvalue weighted by atomic mass is 10.2. The van der Waals surface area contributed by atoms with Crippen LogP contribution < -0.4 is 16.0 Å². The number of para-hydroxylation sites is 1. The molecule has 3 aromatic heterocycles. The van der Waals surface area contributed by atoms with E-state index in [0.717, 1.165) is 48.7 Å². The fourth-order valence-corrected chi connectivity index (χ4v) is 3.99. The molecule has 11 nitrogen and oxygen atoms in total. The maximum atomic E-state index is 5.98. The second-order valence-corrected chi connectivity index (χ2v) is 7.77. The van der Waals surface area contributed by atoms with Crippen LogP contribution in [-0.4, -0.2) is 65.8 Å². The third-order valence-electron chi connectivity index (χ3n) is 5.74. The average molecular weight is 432 g/mol. The third-order valence-corrected chi connectivity index (χ3v) is 5.74. The van der Waals surface area contributed by atoms with Gasteiger partial charge in [-0.2, -0.15) is 20.1 Å². The summed E-state index contributed by atoms with van der Waals surface area (Å²) in [5.41, 5.74) is 7.72.